The van der Waals surface area contributed by atoms with E-state index in [2.05, 4.69) is 16.9 Å². The lowest BCUT2D eigenvalue weighted by Crippen LogP contribution is -2.35. The van der Waals surface area contributed by atoms with Gasteiger partial charge in [-0.1, -0.05) is 18.7 Å². The first-order valence-electron chi connectivity index (χ1n) is 8.90. The van der Waals surface area contributed by atoms with Gasteiger partial charge in [0.25, 0.3) is 0 Å². The van der Waals surface area contributed by atoms with Crippen LogP contribution in [0.1, 0.15) is 35.5 Å². The van der Waals surface area contributed by atoms with E-state index in [0.717, 1.165) is 22.0 Å². The monoisotopic (exact) mass is 371 g/mol. The maximum atomic E-state index is 12.5. The van der Waals surface area contributed by atoms with Crippen molar-refractivity contribution in [2.75, 3.05) is 13.2 Å². The predicted molar refractivity (Wildman–Crippen MR) is 103 cm³/mol. The summed E-state index contributed by atoms with van der Waals surface area (Å²) >= 11 is 0. The number of nitrogens with two attached hydrogens (primary N) is 1. The summed E-state index contributed by atoms with van der Waals surface area (Å²) in [5, 5.41) is 3.71. The summed E-state index contributed by atoms with van der Waals surface area (Å²) in [6.45, 7) is 7.90. The standard InChI is InChI=1S/C20H25N3O4/c1-4-7-26-18(24)17-15(10-20(2,3)21)14-9-12(5-6-16(14)23-17)8-13-11-27-19(25)22-13/h4-6,9,13,23H,1,7-8,10-11,21H2,2-3H3,(H,22,25)/t13-/m0/s1. The van der Waals surface area contributed by atoms with Crippen LogP contribution in [0.25, 0.3) is 10.9 Å². The highest BCUT2D eigenvalue weighted by Gasteiger charge is 2.25. The number of hydrogen-bond donors (Lipinski definition) is 3. The fourth-order valence-electron chi connectivity index (χ4n) is 3.26. The molecule has 7 nitrogen and oxygen atoms in total. The Bertz CT molecular complexity index is 879. The average molecular weight is 371 g/mol. The second kappa shape index (κ2) is 7.44. The summed E-state index contributed by atoms with van der Waals surface area (Å²) in [4.78, 5) is 26.9. The normalized spacial score (nSPS) is 16.9. The molecule has 2 heterocycles. The number of cyclic esters (lactones) is 1. The third kappa shape index (κ3) is 4.49. The number of ether oxygens (including phenoxy) is 2. The van der Waals surface area contributed by atoms with Crippen molar-refractivity contribution in [2.45, 2.75) is 38.3 Å². The van der Waals surface area contributed by atoms with Crippen molar-refractivity contribution in [1.29, 1.82) is 0 Å². The minimum Gasteiger partial charge on any atom is -0.457 e. The molecular formula is C20H25N3O4. The Hall–Kier alpha value is -2.80. The number of aromatic nitrogens is 1. The molecule has 1 aromatic heterocycles. The van der Waals surface area contributed by atoms with E-state index in [1.165, 1.54) is 6.08 Å². The van der Waals surface area contributed by atoms with E-state index in [9.17, 15) is 9.59 Å². The summed E-state index contributed by atoms with van der Waals surface area (Å²) in [7, 11) is 0. The van der Waals surface area contributed by atoms with Crippen LogP contribution in [0.5, 0.6) is 0 Å². The van der Waals surface area contributed by atoms with Crippen molar-refractivity contribution < 1.29 is 19.1 Å². The first kappa shape index (κ1) is 19.0. The lowest BCUT2D eigenvalue weighted by molar-refractivity contribution is 0.0542. The number of alkyl carbamates (subject to hydrolysis) is 1. The van der Waals surface area contributed by atoms with Gasteiger partial charge in [0.1, 0.15) is 18.9 Å². The van der Waals surface area contributed by atoms with Gasteiger partial charge >= 0.3 is 12.1 Å². The second-order valence-electron chi connectivity index (χ2n) is 7.55. The molecule has 7 heteroatoms. The number of aromatic amines is 1. The zero-order valence-electron chi connectivity index (χ0n) is 15.6. The maximum Gasteiger partial charge on any atom is 0.407 e. The van der Waals surface area contributed by atoms with Gasteiger partial charge in [0, 0.05) is 16.4 Å². The van der Waals surface area contributed by atoms with Gasteiger partial charge in [-0.05, 0) is 49.9 Å². The number of hydrogen-bond acceptors (Lipinski definition) is 5. The quantitative estimate of drug-likeness (QED) is 0.512. The van der Waals surface area contributed by atoms with E-state index < -0.39 is 11.5 Å². The Morgan fingerprint density at radius 1 is 1.48 bits per heavy atom. The zero-order valence-corrected chi connectivity index (χ0v) is 15.6. The maximum absolute atomic E-state index is 12.5. The molecule has 4 N–H and O–H groups in total. The predicted octanol–water partition coefficient (Wildman–Crippen LogP) is 2.44. The number of rotatable bonds is 7. The number of fused-ring (bicyclic) bond motifs is 1. The van der Waals surface area contributed by atoms with Gasteiger partial charge in [0.2, 0.25) is 0 Å². The van der Waals surface area contributed by atoms with E-state index in [1.807, 2.05) is 32.0 Å². The number of benzene rings is 1. The number of carbonyl (C=O) groups is 2. The van der Waals surface area contributed by atoms with E-state index >= 15 is 0 Å². The van der Waals surface area contributed by atoms with Crippen LogP contribution in [0.15, 0.2) is 30.9 Å². The van der Waals surface area contributed by atoms with E-state index in [0.29, 0.717) is 25.1 Å². The summed E-state index contributed by atoms with van der Waals surface area (Å²) in [5.41, 5.74) is 8.87. The molecule has 0 bridgehead atoms. The van der Waals surface area contributed by atoms with Gasteiger partial charge in [0.15, 0.2) is 0 Å². The Morgan fingerprint density at radius 2 is 2.26 bits per heavy atom. The molecule has 144 valence electrons. The van der Waals surface area contributed by atoms with Gasteiger partial charge in [-0.25, -0.2) is 9.59 Å². The number of nitrogens with one attached hydrogen (secondary N) is 2. The van der Waals surface area contributed by atoms with Crippen LogP contribution >= 0.6 is 0 Å². The Balaban J connectivity index is 1.97. The Kier molecular flexibility index (Phi) is 5.23. The molecule has 0 spiro atoms. The molecule has 1 aliphatic rings. The van der Waals surface area contributed by atoms with Crippen molar-refractivity contribution >= 4 is 23.0 Å². The van der Waals surface area contributed by atoms with Gasteiger partial charge in [0.05, 0.1) is 6.04 Å². The van der Waals surface area contributed by atoms with Crippen molar-refractivity contribution in [2.24, 2.45) is 5.73 Å². The van der Waals surface area contributed by atoms with E-state index in [-0.39, 0.29) is 18.7 Å². The van der Waals surface area contributed by atoms with Crippen LogP contribution in [0.4, 0.5) is 4.79 Å². The van der Waals surface area contributed by atoms with Crippen LogP contribution in [-0.4, -0.2) is 41.8 Å². The molecule has 0 unspecified atom stereocenters. The molecule has 1 saturated heterocycles. The SMILES string of the molecule is C=CCOC(=O)c1[nH]c2ccc(C[C@H]3COC(=O)N3)cc2c1CC(C)(C)N. The lowest BCUT2D eigenvalue weighted by Gasteiger charge is -2.19. The Morgan fingerprint density at radius 3 is 2.89 bits per heavy atom. The molecule has 0 radical (unpaired) electrons. The lowest BCUT2D eigenvalue weighted by atomic mass is 9.93. The molecule has 1 atom stereocenters. The average Bonchev–Trinajstić information content (AvgIpc) is 3.15. The minimum atomic E-state index is -0.494. The van der Waals surface area contributed by atoms with Crippen LogP contribution < -0.4 is 11.1 Å². The number of H-pyrrole nitrogens is 1. The fraction of sp³-hybridized carbons (Fsp3) is 0.400. The second-order valence-corrected chi connectivity index (χ2v) is 7.55. The van der Waals surface area contributed by atoms with Crippen molar-refractivity contribution in [3.63, 3.8) is 0 Å². The molecule has 27 heavy (non-hydrogen) atoms. The van der Waals surface area contributed by atoms with Gasteiger partial charge in [-0.2, -0.15) is 0 Å². The first-order valence-corrected chi connectivity index (χ1v) is 8.90. The van der Waals surface area contributed by atoms with Crippen LogP contribution in [0.3, 0.4) is 0 Å². The Labute approximate surface area is 157 Å². The van der Waals surface area contributed by atoms with Crippen molar-refractivity contribution in [3.8, 4) is 0 Å². The molecule has 2 aromatic rings. The highest BCUT2D eigenvalue weighted by molar-refractivity contribution is 5.98. The van der Waals surface area contributed by atoms with Crippen LogP contribution in [0, 0.1) is 0 Å². The van der Waals surface area contributed by atoms with Crippen molar-refractivity contribution in [3.05, 3.63) is 47.7 Å². The summed E-state index contributed by atoms with van der Waals surface area (Å²) < 4.78 is 10.2. The summed E-state index contributed by atoms with van der Waals surface area (Å²) in [6, 6.07) is 5.88. The molecule has 1 amide bonds. The highest BCUT2D eigenvalue weighted by Crippen LogP contribution is 2.28. The number of esters is 1. The van der Waals surface area contributed by atoms with Crippen LogP contribution in [-0.2, 0) is 22.3 Å². The first-order chi connectivity index (χ1) is 12.8. The number of carbonyl (C=O) groups excluding carboxylic acids is 2. The van der Waals surface area contributed by atoms with E-state index in [1.54, 1.807) is 0 Å². The van der Waals surface area contributed by atoms with E-state index in [4.69, 9.17) is 15.2 Å². The molecule has 3 rings (SSSR count). The molecule has 1 fully saturated rings. The van der Waals surface area contributed by atoms with Gasteiger partial charge in [-0.3, -0.25) is 0 Å². The van der Waals surface area contributed by atoms with Crippen LogP contribution in [0.2, 0.25) is 0 Å². The fourth-order valence-corrected chi connectivity index (χ4v) is 3.26. The van der Waals surface area contributed by atoms with Crippen molar-refractivity contribution in [1.82, 2.24) is 10.3 Å². The topological polar surface area (TPSA) is 106 Å². The minimum absolute atomic E-state index is 0.0553. The molecular weight excluding hydrogens is 346 g/mol. The third-order valence-electron chi connectivity index (χ3n) is 4.36. The smallest absolute Gasteiger partial charge is 0.407 e. The van der Waals surface area contributed by atoms with Gasteiger partial charge in [-0.15, -0.1) is 0 Å². The summed E-state index contributed by atoms with van der Waals surface area (Å²) in [5.74, 6) is -0.427. The molecule has 0 saturated carbocycles. The molecule has 1 aliphatic heterocycles. The summed E-state index contributed by atoms with van der Waals surface area (Å²) in [6.07, 6.45) is 2.30. The largest absolute Gasteiger partial charge is 0.457 e. The molecule has 0 aliphatic carbocycles. The highest BCUT2D eigenvalue weighted by atomic mass is 16.6. The van der Waals surface area contributed by atoms with Gasteiger partial charge < -0.3 is 25.5 Å². The zero-order chi connectivity index (χ0) is 19.6. The third-order valence-corrected chi connectivity index (χ3v) is 4.36. The number of amides is 1. The molecule has 1 aromatic carbocycles.